The van der Waals surface area contributed by atoms with Crippen LogP contribution in [-0.2, 0) is 22.0 Å². The van der Waals surface area contributed by atoms with E-state index >= 15 is 0 Å². The Morgan fingerprint density at radius 1 is 1.30 bits per heavy atom. The van der Waals surface area contributed by atoms with Crippen LogP contribution in [0.3, 0.4) is 0 Å². The molecule has 7 heteroatoms. The summed E-state index contributed by atoms with van der Waals surface area (Å²) in [7, 11) is -3.13. The molecule has 0 aliphatic rings. The maximum absolute atomic E-state index is 11.4. The first kappa shape index (κ1) is 17.6. The number of aromatic nitrogens is 2. The lowest BCUT2D eigenvalue weighted by Crippen LogP contribution is -2.14. The third kappa shape index (κ3) is 5.90. The van der Waals surface area contributed by atoms with Gasteiger partial charge in [0.2, 0.25) is 0 Å². The summed E-state index contributed by atoms with van der Waals surface area (Å²) in [4.78, 5) is 8.78. The van der Waals surface area contributed by atoms with Crippen LogP contribution in [0.5, 0.6) is 0 Å². The van der Waals surface area contributed by atoms with Crippen LogP contribution in [0.25, 0.3) is 0 Å². The molecule has 0 bridgehead atoms. The van der Waals surface area contributed by atoms with E-state index in [1.807, 2.05) is 0 Å². The van der Waals surface area contributed by atoms with Crippen molar-refractivity contribution in [3.05, 3.63) is 15.1 Å². The van der Waals surface area contributed by atoms with E-state index in [0.717, 1.165) is 34.5 Å². The molecule has 0 saturated heterocycles. The van der Waals surface area contributed by atoms with Crippen molar-refractivity contribution in [3.63, 3.8) is 0 Å². The highest BCUT2D eigenvalue weighted by Gasteiger charge is 2.16. The molecule has 0 aliphatic heterocycles. The summed E-state index contributed by atoms with van der Waals surface area (Å²) in [5, 5.41) is 3.25. The maximum atomic E-state index is 11.4. The Bertz CT molecular complexity index is 559. The Hall–Kier alpha value is -0.440. The van der Waals surface area contributed by atoms with Crippen LogP contribution in [0.4, 0.5) is 5.82 Å². The smallest absolute Gasteiger partial charge is 0.154 e. The molecule has 0 saturated carbocycles. The number of hydrogen-bond acceptors (Lipinski definition) is 5. The first-order valence-electron chi connectivity index (χ1n) is 6.69. The molecule has 1 aromatic rings. The number of nitrogens with one attached hydrogen (secondary N) is 1. The number of hydrogen-bond donors (Lipinski definition) is 1. The SMILES string of the molecule is CCCNc1nc(CS(C)(=O)=O)nc(CC(C)C)c1I. The van der Waals surface area contributed by atoms with E-state index in [4.69, 9.17) is 0 Å². The van der Waals surface area contributed by atoms with Crippen molar-refractivity contribution >= 4 is 38.2 Å². The molecule has 1 rings (SSSR count). The van der Waals surface area contributed by atoms with Gasteiger partial charge in [-0.1, -0.05) is 20.8 Å². The molecule has 0 aromatic carbocycles. The molecule has 1 heterocycles. The average molecular weight is 411 g/mol. The molecule has 0 aliphatic carbocycles. The molecule has 5 nitrogen and oxygen atoms in total. The Labute approximate surface area is 135 Å². The predicted molar refractivity (Wildman–Crippen MR) is 90.6 cm³/mol. The van der Waals surface area contributed by atoms with Gasteiger partial charge in [-0.15, -0.1) is 0 Å². The highest BCUT2D eigenvalue weighted by Crippen LogP contribution is 2.22. The van der Waals surface area contributed by atoms with Crippen LogP contribution in [0.1, 0.15) is 38.7 Å². The maximum Gasteiger partial charge on any atom is 0.154 e. The normalized spacial score (nSPS) is 11.9. The van der Waals surface area contributed by atoms with E-state index in [1.54, 1.807) is 0 Å². The lowest BCUT2D eigenvalue weighted by Gasteiger charge is -2.13. The summed E-state index contributed by atoms with van der Waals surface area (Å²) in [6.45, 7) is 7.13. The molecular formula is C13H22IN3O2S. The monoisotopic (exact) mass is 411 g/mol. The van der Waals surface area contributed by atoms with Crippen molar-refractivity contribution in [2.24, 2.45) is 5.92 Å². The van der Waals surface area contributed by atoms with E-state index in [9.17, 15) is 8.42 Å². The van der Waals surface area contributed by atoms with Gasteiger partial charge in [-0.2, -0.15) is 0 Å². The van der Waals surface area contributed by atoms with Gasteiger partial charge < -0.3 is 5.32 Å². The second kappa shape index (κ2) is 7.53. The zero-order chi connectivity index (χ0) is 15.3. The molecule has 0 amide bonds. The predicted octanol–water partition coefficient (Wildman–Crippen LogP) is 2.65. The third-order valence-corrected chi connectivity index (χ3v) is 4.42. The molecule has 0 radical (unpaired) electrons. The molecular weight excluding hydrogens is 389 g/mol. The summed E-state index contributed by atoms with van der Waals surface area (Å²) in [5.41, 5.74) is 0.924. The number of rotatable bonds is 7. The van der Waals surface area contributed by atoms with Crippen LogP contribution in [0.15, 0.2) is 0 Å². The van der Waals surface area contributed by atoms with Crippen LogP contribution in [-0.4, -0.2) is 31.2 Å². The van der Waals surface area contributed by atoms with Crippen molar-refractivity contribution in [1.29, 1.82) is 0 Å². The standard InChI is InChI=1S/C13H22IN3O2S/c1-5-6-15-13-12(14)10(7-9(2)3)16-11(17-13)8-20(4,18)19/h9H,5-8H2,1-4H3,(H,15,16,17). The first-order chi connectivity index (χ1) is 9.23. The fourth-order valence-electron chi connectivity index (χ4n) is 1.73. The van der Waals surface area contributed by atoms with Gasteiger partial charge in [-0.3, -0.25) is 0 Å². The van der Waals surface area contributed by atoms with Crippen molar-refractivity contribution in [2.75, 3.05) is 18.1 Å². The number of nitrogens with zero attached hydrogens (tertiary/aromatic N) is 2. The molecule has 1 N–H and O–H groups in total. The Morgan fingerprint density at radius 3 is 2.45 bits per heavy atom. The summed E-state index contributed by atoms with van der Waals surface area (Å²) in [5.74, 6) is 1.47. The van der Waals surface area contributed by atoms with Crippen LogP contribution >= 0.6 is 22.6 Å². The summed E-state index contributed by atoms with van der Waals surface area (Å²) >= 11 is 2.23. The molecule has 0 unspecified atom stereocenters. The van der Waals surface area contributed by atoms with Gasteiger partial charge in [0.25, 0.3) is 0 Å². The first-order valence-corrected chi connectivity index (χ1v) is 9.83. The molecule has 1 aromatic heterocycles. The zero-order valence-corrected chi connectivity index (χ0v) is 15.4. The van der Waals surface area contributed by atoms with E-state index in [1.165, 1.54) is 6.26 Å². The van der Waals surface area contributed by atoms with Gasteiger partial charge >= 0.3 is 0 Å². The van der Waals surface area contributed by atoms with Gasteiger partial charge in [0.15, 0.2) is 9.84 Å². The Morgan fingerprint density at radius 2 is 1.95 bits per heavy atom. The van der Waals surface area contributed by atoms with Crippen LogP contribution in [0, 0.1) is 9.49 Å². The van der Waals surface area contributed by atoms with E-state index in [2.05, 4.69) is 58.6 Å². The minimum Gasteiger partial charge on any atom is -0.369 e. The Kier molecular flexibility index (Phi) is 6.63. The van der Waals surface area contributed by atoms with Crippen LogP contribution in [0.2, 0.25) is 0 Å². The number of anilines is 1. The number of halogens is 1. The van der Waals surface area contributed by atoms with Gasteiger partial charge in [0, 0.05) is 12.8 Å². The highest BCUT2D eigenvalue weighted by molar-refractivity contribution is 14.1. The van der Waals surface area contributed by atoms with E-state index in [-0.39, 0.29) is 5.75 Å². The van der Waals surface area contributed by atoms with E-state index < -0.39 is 9.84 Å². The van der Waals surface area contributed by atoms with Gasteiger partial charge in [-0.05, 0) is 41.4 Å². The van der Waals surface area contributed by atoms with Gasteiger partial charge in [0.1, 0.15) is 17.4 Å². The van der Waals surface area contributed by atoms with Crippen molar-refractivity contribution in [3.8, 4) is 0 Å². The molecule has 114 valence electrons. The largest absolute Gasteiger partial charge is 0.369 e. The second-order valence-electron chi connectivity index (χ2n) is 5.34. The van der Waals surface area contributed by atoms with E-state index in [0.29, 0.717) is 11.7 Å². The summed E-state index contributed by atoms with van der Waals surface area (Å²) in [6.07, 6.45) is 3.01. The minimum absolute atomic E-state index is 0.115. The third-order valence-electron chi connectivity index (χ3n) is 2.50. The molecule has 0 fully saturated rings. The fourth-order valence-corrected chi connectivity index (χ4v) is 2.98. The van der Waals surface area contributed by atoms with Gasteiger partial charge in [-0.25, -0.2) is 18.4 Å². The van der Waals surface area contributed by atoms with Crippen molar-refractivity contribution in [1.82, 2.24) is 9.97 Å². The molecule has 20 heavy (non-hydrogen) atoms. The summed E-state index contributed by atoms with van der Waals surface area (Å²) in [6, 6.07) is 0. The fraction of sp³-hybridized carbons (Fsp3) is 0.692. The molecule has 0 atom stereocenters. The molecule has 0 spiro atoms. The van der Waals surface area contributed by atoms with Crippen LogP contribution < -0.4 is 5.32 Å². The summed E-state index contributed by atoms with van der Waals surface area (Å²) < 4.78 is 23.9. The number of sulfone groups is 1. The average Bonchev–Trinajstić information content (AvgIpc) is 2.28. The zero-order valence-electron chi connectivity index (χ0n) is 12.4. The quantitative estimate of drug-likeness (QED) is 0.699. The topological polar surface area (TPSA) is 72.0 Å². The minimum atomic E-state index is -3.13. The highest BCUT2D eigenvalue weighted by atomic mass is 127. The Balaban J connectivity index is 3.18. The van der Waals surface area contributed by atoms with Crippen molar-refractivity contribution in [2.45, 2.75) is 39.4 Å². The van der Waals surface area contributed by atoms with Crippen molar-refractivity contribution < 1.29 is 8.42 Å². The second-order valence-corrected chi connectivity index (χ2v) is 8.56. The lowest BCUT2D eigenvalue weighted by molar-refractivity contribution is 0.598. The van der Waals surface area contributed by atoms with Gasteiger partial charge in [0.05, 0.1) is 9.26 Å². The lowest BCUT2D eigenvalue weighted by atomic mass is 10.1.